The summed E-state index contributed by atoms with van der Waals surface area (Å²) in [6.07, 6.45) is 0.667. The monoisotopic (exact) mass is 432 g/mol. The van der Waals surface area contributed by atoms with Crippen LogP contribution in [0.25, 0.3) is 0 Å². The van der Waals surface area contributed by atoms with E-state index < -0.39 is 0 Å². The van der Waals surface area contributed by atoms with Gasteiger partial charge in [-0.25, -0.2) is 0 Å². The minimum Gasteiger partial charge on any atom is -0.496 e. The Morgan fingerprint density at radius 3 is 2.62 bits per heavy atom. The third-order valence-corrected chi connectivity index (χ3v) is 4.62. The Balaban J connectivity index is 2.33. The SMILES string of the molecule is COc1ccc(Cl)cc1CC(NN)c1ccc(Br)cc1Br. The van der Waals surface area contributed by atoms with Crippen LogP contribution in [0.15, 0.2) is 45.3 Å². The first kappa shape index (κ1) is 16.8. The molecule has 0 radical (unpaired) electrons. The molecule has 0 bridgehead atoms. The molecule has 112 valence electrons. The van der Waals surface area contributed by atoms with E-state index in [9.17, 15) is 0 Å². The van der Waals surface area contributed by atoms with Gasteiger partial charge < -0.3 is 4.74 Å². The molecule has 0 aromatic heterocycles. The fourth-order valence-corrected chi connectivity index (χ4v) is 3.69. The van der Waals surface area contributed by atoms with Gasteiger partial charge in [-0.1, -0.05) is 49.5 Å². The van der Waals surface area contributed by atoms with Crippen molar-refractivity contribution in [2.45, 2.75) is 12.5 Å². The van der Waals surface area contributed by atoms with Crippen molar-refractivity contribution in [3.05, 3.63) is 61.5 Å². The molecule has 0 fully saturated rings. The van der Waals surface area contributed by atoms with Gasteiger partial charge >= 0.3 is 0 Å². The third-order valence-electron chi connectivity index (χ3n) is 3.21. The van der Waals surface area contributed by atoms with Gasteiger partial charge in [0.1, 0.15) is 5.75 Å². The number of nitrogens with one attached hydrogen (secondary N) is 1. The van der Waals surface area contributed by atoms with Crippen molar-refractivity contribution < 1.29 is 4.74 Å². The zero-order valence-corrected chi connectivity index (χ0v) is 15.3. The van der Waals surface area contributed by atoms with Crippen LogP contribution in [0.5, 0.6) is 5.75 Å². The molecule has 21 heavy (non-hydrogen) atoms. The fraction of sp³-hybridized carbons (Fsp3) is 0.200. The van der Waals surface area contributed by atoms with Gasteiger partial charge in [0.05, 0.1) is 13.2 Å². The van der Waals surface area contributed by atoms with Gasteiger partial charge in [-0.15, -0.1) is 0 Å². The second-order valence-corrected chi connectivity index (χ2v) is 6.75. The fourth-order valence-electron chi connectivity index (χ4n) is 2.17. The van der Waals surface area contributed by atoms with Crippen LogP contribution in [-0.4, -0.2) is 7.11 Å². The molecular formula is C15H15Br2ClN2O. The Labute approximate surface area is 146 Å². The minimum absolute atomic E-state index is 0.0557. The zero-order valence-electron chi connectivity index (χ0n) is 11.4. The highest BCUT2D eigenvalue weighted by atomic mass is 79.9. The van der Waals surface area contributed by atoms with Crippen molar-refractivity contribution in [3.63, 3.8) is 0 Å². The zero-order chi connectivity index (χ0) is 15.4. The molecule has 1 unspecified atom stereocenters. The summed E-state index contributed by atoms with van der Waals surface area (Å²) in [7, 11) is 1.65. The van der Waals surface area contributed by atoms with Gasteiger partial charge in [-0.3, -0.25) is 11.3 Å². The molecule has 2 aromatic rings. The molecule has 2 aromatic carbocycles. The lowest BCUT2D eigenvalue weighted by molar-refractivity contribution is 0.405. The standard InChI is InChI=1S/C15H15Br2ClN2O/c1-21-15-5-3-11(18)6-9(15)7-14(20-19)12-4-2-10(16)8-13(12)17/h2-6,8,14,20H,7,19H2,1H3. The molecule has 0 aliphatic rings. The highest BCUT2D eigenvalue weighted by molar-refractivity contribution is 9.11. The van der Waals surface area contributed by atoms with Gasteiger partial charge in [-0.05, 0) is 47.9 Å². The normalized spacial score (nSPS) is 12.2. The van der Waals surface area contributed by atoms with Gasteiger partial charge in [-0.2, -0.15) is 0 Å². The van der Waals surface area contributed by atoms with E-state index in [-0.39, 0.29) is 6.04 Å². The second-order valence-electron chi connectivity index (χ2n) is 4.55. The summed E-state index contributed by atoms with van der Waals surface area (Å²) < 4.78 is 7.38. The van der Waals surface area contributed by atoms with Crippen LogP contribution in [0.4, 0.5) is 0 Å². The molecule has 0 saturated carbocycles. The van der Waals surface area contributed by atoms with Crippen LogP contribution >= 0.6 is 43.5 Å². The van der Waals surface area contributed by atoms with E-state index in [1.165, 1.54) is 0 Å². The summed E-state index contributed by atoms with van der Waals surface area (Å²) in [5, 5.41) is 0.677. The van der Waals surface area contributed by atoms with E-state index in [4.69, 9.17) is 22.2 Å². The summed E-state index contributed by atoms with van der Waals surface area (Å²) in [4.78, 5) is 0. The van der Waals surface area contributed by atoms with Crippen LogP contribution in [0.3, 0.4) is 0 Å². The van der Waals surface area contributed by atoms with E-state index in [0.717, 1.165) is 25.8 Å². The van der Waals surface area contributed by atoms with Crippen LogP contribution in [0.2, 0.25) is 5.02 Å². The molecule has 0 amide bonds. The third kappa shape index (κ3) is 4.20. The number of hydrogen-bond acceptors (Lipinski definition) is 3. The second kappa shape index (κ2) is 7.61. The molecule has 0 saturated heterocycles. The van der Waals surface area contributed by atoms with E-state index in [2.05, 4.69) is 37.3 Å². The molecule has 0 heterocycles. The predicted octanol–water partition coefficient (Wildman–Crippen LogP) is 4.62. The molecule has 0 aliphatic carbocycles. The van der Waals surface area contributed by atoms with E-state index in [1.54, 1.807) is 7.11 Å². The van der Waals surface area contributed by atoms with Crippen LogP contribution in [0.1, 0.15) is 17.2 Å². The predicted molar refractivity (Wildman–Crippen MR) is 93.6 cm³/mol. The highest BCUT2D eigenvalue weighted by Gasteiger charge is 2.16. The number of benzene rings is 2. The maximum atomic E-state index is 6.08. The van der Waals surface area contributed by atoms with Crippen LogP contribution < -0.4 is 16.0 Å². The van der Waals surface area contributed by atoms with Gasteiger partial charge in [0.2, 0.25) is 0 Å². The van der Waals surface area contributed by atoms with Crippen molar-refractivity contribution in [2.75, 3.05) is 7.11 Å². The van der Waals surface area contributed by atoms with E-state index in [0.29, 0.717) is 11.4 Å². The average molecular weight is 435 g/mol. The first-order chi connectivity index (χ1) is 10.0. The van der Waals surface area contributed by atoms with Gasteiger partial charge in [0, 0.05) is 14.0 Å². The van der Waals surface area contributed by atoms with Crippen molar-refractivity contribution in [2.24, 2.45) is 5.84 Å². The first-order valence-electron chi connectivity index (χ1n) is 6.28. The van der Waals surface area contributed by atoms with Gasteiger partial charge in [0.25, 0.3) is 0 Å². The lowest BCUT2D eigenvalue weighted by atomic mass is 9.99. The molecule has 3 N–H and O–H groups in total. The smallest absolute Gasteiger partial charge is 0.122 e. The summed E-state index contributed by atoms with van der Waals surface area (Å²) >= 11 is 13.1. The number of nitrogens with two attached hydrogens (primary N) is 1. The number of hydrazine groups is 1. The van der Waals surface area contributed by atoms with Crippen LogP contribution in [-0.2, 0) is 6.42 Å². The van der Waals surface area contributed by atoms with Crippen molar-refractivity contribution >= 4 is 43.5 Å². The summed E-state index contributed by atoms with van der Waals surface area (Å²) in [6, 6.07) is 11.5. The Morgan fingerprint density at radius 1 is 1.24 bits per heavy atom. The maximum Gasteiger partial charge on any atom is 0.122 e. The topological polar surface area (TPSA) is 47.3 Å². The Morgan fingerprint density at radius 2 is 2.00 bits per heavy atom. The number of halogens is 3. The van der Waals surface area contributed by atoms with Crippen molar-refractivity contribution in [1.82, 2.24) is 5.43 Å². The minimum atomic E-state index is -0.0557. The largest absolute Gasteiger partial charge is 0.496 e. The highest BCUT2D eigenvalue weighted by Crippen LogP contribution is 2.31. The number of ether oxygens (including phenoxy) is 1. The van der Waals surface area contributed by atoms with Gasteiger partial charge in [0.15, 0.2) is 0 Å². The Hall–Kier alpha value is -0.590. The van der Waals surface area contributed by atoms with Crippen molar-refractivity contribution in [1.29, 1.82) is 0 Å². The lowest BCUT2D eigenvalue weighted by Gasteiger charge is -2.19. The molecule has 2 rings (SSSR count). The lowest BCUT2D eigenvalue weighted by Crippen LogP contribution is -2.30. The number of methoxy groups -OCH3 is 1. The molecule has 3 nitrogen and oxygen atoms in total. The number of hydrogen-bond donors (Lipinski definition) is 2. The van der Waals surface area contributed by atoms with E-state index in [1.807, 2.05) is 36.4 Å². The average Bonchev–Trinajstić information content (AvgIpc) is 2.45. The summed E-state index contributed by atoms with van der Waals surface area (Å²) in [6.45, 7) is 0. The number of rotatable bonds is 5. The first-order valence-corrected chi connectivity index (χ1v) is 8.25. The quantitative estimate of drug-likeness (QED) is 0.533. The molecular weight excluding hydrogens is 419 g/mol. The van der Waals surface area contributed by atoms with E-state index >= 15 is 0 Å². The Kier molecular flexibility index (Phi) is 6.08. The molecule has 0 aliphatic heterocycles. The van der Waals surface area contributed by atoms with Crippen LogP contribution in [0, 0.1) is 0 Å². The summed E-state index contributed by atoms with van der Waals surface area (Å²) in [5.41, 5.74) is 4.93. The molecule has 0 spiro atoms. The Bertz CT molecular complexity index is 637. The summed E-state index contributed by atoms with van der Waals surface area (Å²) in [5.74, 6) is 6.53. The van der Waals surface area contributed by atoms with Crippen molar-refractivity contribution in [3.8, 4) is 5.75 Å². The molecule has 1 atom stereocenters. The maximum absolute atomic E-state index is 6.08. The molecule has 6 heteroatoms.